The van der Waals surface area contributed by atoms with Gasteiger partial charge in [-0.05, 0) is 25.2 Å². The normalized spacial score (nSPS) is 21.0. The molecule has 1 aromatic heterocycles. The molecule has 0 N–H and O–H groups in total. The molecule has 1 aromatic rings. The standard InChI is InChI=1S/C9H11ClN2/c1-2-6-3-4-7-8(6)9(10)12-5-11-7/h5-6H,2-4H2,1H3. The fraction of sp³-hybridized carbons (Fsp3) is 0.556. The van der Waals surface area contributed by atoms with Crippen molar-refractivity contribution in [1.82, 2.24) is 9.97 Å². The number of hydrogen-bond donors (Lipinski definition) is 0. The molecule has 2 rings (SSSR count). The van der Waals surface area contributed by atoms with Gasteiger partial charge in [-0.25, -0.2) is 9.97 Å². The second-order valence-corrected chi connectivity index (χ2v) is 3.53. The number of nitrogens with zero attached hydrogens (tertiary/aromatic N) is 2. The summed E-state index contributed by atoms with van der Waals surface area (Å²) in [7, 11) is 0. The van der Waals surface area contributed by atoms with Gasteiger partial charge in [0.1, 0.15) is 11.5 Å². The van der Waals surface area contributed by atoms with Gasteiger partial charge in [0.25, 0.3) is 0 Å². The number of fused-ring (bicyclic) bond motifs is 1. The minimum Gasteiger partial charge on any atom is -0.241 e. The first-order chi connectivity index (χ1) is 5.83. The van der Waals surface area contributed by atoms with Crippen LogP contribution in [-0.2, 0) is 6.42 Å². The summed E-state index contributed by atoms with van der Waals surface area (Å²) in [4.78, 5) is 8.23. The molecular weight excluding hydrogens is 172 g/mol. The Balaban J connectivity index is 2.48. The maximum Gasteiger partial charge on any atom is 0.136 e. The average molecular weight is 183 g/mol. The van der Waals surface area contributed by atoms with E-state index < -0.39 is 0 Å². The van der Waals surface area contributed by atoms with E-state index >= 15 is 0 Å². The highest BCUT2D eigenvalue weighted by atomic mass is 35.5. The van der Waals surface area contributed by atoms with E-state index in [1.54, 1.807) is 6.33 Å². The molecule has 1 aliphatic rings. The molecule has 2 nitrogen and oxygen atoms in total. The fourth-order valence-corrected chi connectivity index (χ4v) is 2.18. The van der Waals surface area contributed by atoms with Crippen LogP contribution in [0.2, 0.25) is 5.15 Å². The Morgan fingerprint density at radius 3 is 3.17 bits per heavy atom. The second-order valence-electron chi connectivity index (χ2n) is 3.17. The molecule has 0 bridgehead atoms. The van der Waals surface area contributed by atoms with Crippen LogP contribution in [0.4, 0.5) is 0 Å². The van der Waals surface area contributed by atoms with E-state index in [1.165, 1.54) is 12.0 Å². The van der Waals surface area contributed by atoms with E-state index in [0.717, 1.165) is 18.5 Å². The molecule has 3 heteroatoms. The Morgan fingerprint density at radius 2 is 2.42 bits per heavy atom. The van der Waals surface area contributed by atoms with E-state index in [9.17, 15) is 0 Å². The third-order valence-electron chi connectivity index (χ3n) is 2.55. The lowest BCUT2D eigenvalue weighted by Gasteiger charge is -2.07. The monoisotopic (exact) mass is 182 g/mol. The summed E-state index contributed by atoms with van der Waals surface area (Å²) >= 11 is 5.99. The molecule has 0 aliphatic heterocycles. The van der Waals surface area contributed by atoms with Gasteiger partial charge < -0.3 is 0 Å². The van der Waals surface area contributed by atoms with E-state index in [1.807, 2.05) is 0 Å². The van der Waals surface area contributed by atoms with Gasteiger partial charge in [-0.2, -0.15) is 0 Å². The lowest BCUT2D eigenvalue weighted by Crippen LogP contribution is -1.95. The highest BCUT2D eigenvalue weighted by Crippen LogP contribution is 2.37. The number of rotatable bonds is 1. The number of aryl methyl sites for hydroxylation is 1. The minimum absolute atomic E-state index is 0.591. The van der Waals surface area contributed by atoms with E-state index in [-0.39, 0.29) is 0 Å². The van der Waals surface area contributed by atoms with Crippen LogP contribution in [0, 0.1) is 0 Å². The molecule has 0 aromatic carbocycles. The first-order valence-electron chi connectivity index (χ1n) is 4.32. The zero-order chi connectivity index (χ0) is 8.55. The summed E-state index contributed by atoms with van der Waals surface area (Å²) in [5.41, 5.74) is 2.35. The SMILES string of the molecule is CCC1CCc2ncnc(Cl)c21. The van der Waals surface area contributed by atoms with Crippen molar-refractivity contribution in [3.63, 3.8) is 0 Å². The number of aromatic nitrogens is 2. The van der Waals surface area contributed by atoms with Crippen LogP contribution in [-0.4, -0.2) is 9.97 Å². The summed E-state index contributed by atoms with van der Waals surface area (Å²) < 4.78 is 0. The number of halogens is 1. The average Bonchev–Trinajstić information content (AvgIpc) is 2.49. The molecule has 0 fully saturated rings. The lowest BCUT2D eigenvalue weighted by atomic mass is 10.0. The van der Waals surface area contributed by atoms with Gasteiger partial charge >= 0.3 is 0 Å². The first kappa shape index (κ1) is 7.99. The van der Waals surface area contributed by atoms with Crippen LogP contribution >= 0.6 is 11.6 Å². The highest BCUT2D eigenvalue weighted by Gasteiger charge is 2.24. The smallest absolute Gasteiger partial charge is 0.136 e. The van der Waals surface area contributed by atoms with Crippen LogP contribution in [0.25, 0.3) is 0 Å². The Morgan fingerprint density at radius 1 is 1.58 bits per heavy atom. The largest absolute Gasteiger partial charge is 0.241 e. The predicted octanol–water partition coefficient (Wildman–Crippen LogP) is 2.57. The van der Waals surface area contributed by atoms with E-state index in [4.69, 9.17) is 11.6 Å². The quantitative estimate of drug-likeness (QED) is 0.624. The van der Waals surface area contributed by atoms with Gasteiger partial charge in [0.15, 0.2) is 0 Å². The van der Waals surface area contributed by atoms with Crippen LogP contribution in [0.15, 0.2) is 6.33 Å². The van der Waals surface area contributed by atoms with Gasteiger partial charge in [-0.3, -0.25) is 0 Å². The molecule has 1 unspecified atom stereocenters. The van der Waals surface area contributed by atoms with Crippen molar-refractivity contribution in [3.8, 4) is 0 Å². The summed E-state index contributed by atoms with van der Waals surface area (Å²) in [6.45, 7) is 2.18. The van der Waals surface area contributed by atoms with Crippen LogP contribution < -0.4 is 0 Å². The second kappa shape index (κ2) is 3.02. The Labute approximate surface area is 77.0 Å². The van der Waals surface area contributed by atoms with Crippen molar-refractivity contribution in [1.29, 1.82) is 0 Å². The van der Waals surface area contributed by atoms with Crippen molar-refractivity contribution in [2.24, 2.45) is 0 Å². The zero-order valence-corrected chi connectivity index (χ0v) is 7.80. The molecule has 64 valence electrons. The van der Waals surface area contributed by atoms with Gasteiger partial charge in [-0.15, -0.1) is 0 Å². The molecule has 1 aliphatic carbocycles. The Kier molecular flexibility index (Phi) is 2.01. The number of hydrogen-bond acceptors (Lipinski definition) is 2. The fourth-order valence-electron chi connectivity index (χ4n) is 1.87. The molecule has 0 radical (unpaired) electrons. The van der Waals surface area contributed by atoms with Gasteiger partial charge in [0.2, 0.25) is 0 Å². The molecule has 0 saturated carbocycles. The third-order valence-corrected chi connectivity index (χ3v) is 2.85. The van der Waals surface area contributed by atoms with Crippen LogP contribution in [0.3, 0.4) is 0 Å². The molecule has 1 atom stereocenters. The van der Waals surface area contributed by atoms with Crippen molar-refractivity contribution in [2.75, 3.05) is 0 Å². The summed E-state index contributed by atoms with van der Waals surface area (Å²) in [6, 6.07) is 0. The molecule has 0 saturated heterocycles. The minimum atomic E-state index is 0.591. The van der Waals surface area contributed by atoms with Gasteiger partial charge in [0.05, 0.1) is 0 Å². The van der Waals surface area contributed by atoms with Crippen molar-refractivity contribution >= 4 is 11.6 Å². The summed E-state index contributed by atoms with van der Waals surface area (Å²) in [5, 5.41) is 0.657. The van der Waals surface area contributed by atoms with Crippen LogP contribution in [0.1, 0.15) is 36.9 Å². The summed E-state index contributed by atoms with van der Waals surface area (Å²) in [6.07, 6.45) is 4.94. The maximum atomic E-state index is 5.99. The molecule has 12 heavy (non-hydrogen) atoms. The first-order valence-corrected chi connectivity index (χ1v) is 4.70. The van der Waals surface area contributed by atoms with Crippen molar-refractivity contribution in [3.05, 3.63) is 22.7 Å². The Bertz CT molecular complexity index is 299. The predicted molar refractivity (Wildman–Crippen MR) is 48.4 cm³/mol. The third kappa shape index (κ3) is 1.11. The lowest BCUT2D eigenvalue weighted by molar-refractivity contribution is 0.655. The highest BCUT2D eigenvalue weighted by molar-refractivity contribution is 6.30. The van der Waals surface area contributed by atoms with Crippen molar-refractivity contribution in [2.45, 2.75) is 32.1 Å². The maximum absolute atomic E-state index is 5.99. The van der Waals surface area contributed by atoms with Crippen molar-refractivity contribution < 1.29 is 0 Å². The van der Waals surface area contributed by atoms with Gasteiger partial charge in [0, 0.05) is 11.3 Å². The summed E-state index contributed by atoms with van der Waals surface area (Å²) in [5.74, 6) is 0.591. The van der Waals surface area contributed by atoms with E-state index in [0.29, 0.717) is 11.1 Å². The Hall–Kier alpha value is -0.630. The molecule has 0 amide bonds. The zero-order valence-electron chi connectivity index (χ0n) is 7.05. The molecule has 1 heterocycles. The van der Waals surface area contributed by atoms with E-state index in [2.05, 4.69) is 16.9 Å². The topological polar surface area (TPSA) is 25.8 Å². The molecule has 0 spiro atoms. The van der Waals surface area contributed by atoms with Crippen LogP contribution in [0.5, 0.6) is 0 Å². The molecular formula is C9H11ClN2. The van der Waals surface area contributed by atoms with Gasteiger partial charge in [-0.1, -0.05) is 18.5 Å².